The van der Waals surface area contributed by atoms with Crippen molar-refractivity contribution in [2.24, 2.45) is 5.73 Å². The highest BCUT2D eigenvalue weighted by atomic mass is 32.2. The Kier molecular flexibility index (Phi) is 4.47. The van der Waals surface area contributed by atoms with E-state index in [0.717, 1.165) is 12.3 Å². The number of hydrogen-bond acceptors (Lipinski definition) is 5. The maximum absolute atomic E-state index is 12.4. The molecule has 2 unspecified atom stereocenters. The minimum atomic E-state index is -4.39. The third-order valence-electron chi connectivity index (χ3n) is 3.25. The number of primary amides is 1. The highest BCUT2D eigenvalue weighted by Gasteiger charge is 2.37. The Morgan fingerprint density at radius 2 is 1.77 bits per heavy atom. The molecule has 0 bridgehead atoms. The van der Waals surface area contributed by atoms with Gasteiger partial charge in [-0.05, 0) is 29.8 Å². The SMILES string of the molecule is CC(O)C(C(N)=O)N(O)S(=O)(=O)c1ccc2ccccc2c1. The average molecular weight is 324 g/mol. The summed E-state index contributed by atoms with van der Waals surface area (Å²) in [6, 6.07) is 9.58. The lowest BCUT2D eigenvalue weighted by atomic mass is 10.1. The molecule has 8 heteroatoms. The van der Waals surface area contributed by atoms with Crippen molar-refractivity contribution in [2.45, 2.75) is 24.0 Å². The lowest BCUT2D eigenvalue weighted by molar-refractivity contribution is -0.138. The standard InChI is InChI=1S/C14H16N2O5S/c1-9(17)13(14(15)18)16(19)22(20,21)12-7-6-10-4-2-3-5-11(10)8-12/h2-9,13,17,19H,1H3,(H2,15,18). The highest BCUT2D eigenvalue weighted by molar-refractivity contribution is 7.89. The summed E-state index contributed by atoms with van der Waals surface area (Å²) in [4.78, 5) is 11.1. The zero-order valence-electron chi connectivity index (χ0n) is 11.7. The van der Waals surface area contributed by atoms with E-state index in [9.17, 15) is 23.5 Å². The van der Waals surface area contributed by atoms with Crippen LogP contribution in [-0.2, 0) is 14.8 Å². The van der Waals surface area contributed by atoms with Crippen LogP contribution in [0.5, 0.6) is 0 Å². The predicted molar refractivity (Wildman–Crippen MR) is 79.4 cm³/mol. The largest absolute Gasteiger partial charge is 0.391 e. The van der Waals surface area contributed by atoms with Crippen molar-refractivity contribution in [1.82, 2.24) is 4.47 Å². The number of benzene rings is 2. The average Bonchev–Trinajstić information content (AvgIpc) is 2.45. The van der Waals surface area contributed by atoms with Crippen LogP contribution in [-0.4, -0.2) is 41.3 Å². The van der Waals surface area contributed by atoms with Gasteiger partial charge in [-0.15, -0.1) is 0 Å². The van der Waals surface area contributed by atoms with Gasteiger partial charge in [-0.1, -0.05) is 34.8 Å². The van der Waals surface area contributed by atoms with Crippen molar-refractivity contribution in [3.8, 4) is 0 Å². The summed E-state index contributed by atoms with van der Waals surface area (Å²) in [7, 11) is -4.39. The summed E-state index contributed by atoms with van der Waals surface area (Å²) in [5.41, 5.74) is 5.04. The molecule has 0 heterocycles. The van der Waals surface area contributed by atoms with Gasteiger partial charge in [0.1, 0.15) is 0 Å². The number of amides is 1. The number of nitrogens with zero attached hydrogens (tertiary/aromatic N) is 1. The lowest BCUT2D eigenvalue weighted by Gasteiger charge is -2.24. The molecular formula is C14H16N2O5S. The first-order chi connectivity index (χ1) is 10.2. The van der Waals surface area contributed by atoms with Crippen molar-refractivity contribution in [3.05, 3.63) is 42.5 Å². The quantitative estimate of drug-likeness (QED) is 0.690. The molecule has 7 nitrogen and oxygen atoms in total. The minimum absolute atomic E-state index is 0.190. The smallest absolute Gasteiger partial charge is 0.265 e. The molecular weight excluding hydrogens is 308 g/mol. The third-order valence-corrected chi connectivity index (χ3v) is 4.82. The second-order valence-electron chi connectivity index (χ2n) is 4.87. The number of carbonyl (C=O) groups excluding carboxylic acids is 1. The topological polar surface area (TPSA) is 121 Å². The van der Waals surface area contributed by atoms with Crippen LogP contribution in [0, 0.1) is 0 Å². The molecule has 0 saturated heterocycles. The summed E-state index contributed by atoms with van der Waals surface area (Å²) in [6.45, 7) is 1.16. The first-order valence-corrected chi connectivity index (χ1v) is 7.88. The molecule has 118 valence electrons. The number of aliphatic hydroxyl groups excluding tert-OH is 1. The molecule has 22 heavy (non-hydrogen) atoms. The van der Waals surface area contributed by atoms with Crippen LogP contribution in [0.1, 0.15) is 6.92 Å². The summed E-state index contributed by atoms with van der Waals surface area (Å²) in [5, 5.41) is 20.8. The van der Waals surface area contributed by atoms with E-state index < -0.39 is 28.1 Å². The number of fused-ring (bicyclic) bond motifs is 1. The summed E-state index contributed by atoms with van der Waals surface area (Å²) >= 11 is 0. The van der Waals surface area contributed by atoms with E-state index in [4.69, 9.17) is 5.73 Å². The molecule has 1 amide bonds. The van der Waals surface area contributed by atoms with Gasteiger partial charge in [-0.25, -0.2) is 8.42 Å². The Morgan fingerprint density at radius 3 is 2.32 bits per heavy atom. The molecule has 0 radical (unpaired) electrons. The van der Waals surface area contributed by atoms with Gasteiger partial charge in [0.05, 0.1) is 11.0 Å². The molecule has 0 fully saturated rings. The van der Waals surface area contributed by atoms with Crippen molar-refractivity contribution < 1.29 is 23.5 Å². The fourth-order valence-corrected chi connectivity index (χ4v) is 3.43. The fourth-order valence-electron chi connectivity index (χ4n) is 2.12. The predicted octanol–water partition coefficient (Wildman–Crippen LogP) is 0.454. The second-order valence-corrected chi connectivity index (χ2v) is 6.67. The number of rotatable bonds is 5. The Bertz CT molecular complexity index is 804. The van der Waals surface area contributed by atoms with Crippen molar-refractivity contribution >= 4 is 26.7 Å². The van der Waals surface area contributed by atoms with Crippen LogP contribution in [0.4, 0.5) is 0 Å². The molecule has 0 aliphatic rings. The number of hydroxylamine groups is 1. The number of hydrogen-bond donors (Lipinski definition) is 3. The van der Waals surface area contributed by atoms with Gasteiger partial charge < -0.3 is 10.8 Å². The van der Waals surface area contributed by atoms with E-state index >= 15 is 0 Å². The van der Waals surface area contributed by atoms with Gasteiger partial charge in [0.15, 0.2) is 6.04 Å². The normalized spacial score (nSPS) is 14.9. The molecule has 4 N–H and O–H groups in total. The summed E-state index contributed by atoms with van der Waals surface area (Å²) in [6.07, 6.45) is -1.46. The van der Waals surface area contributed by atoms with Crippen LogP contribution in [0.2, 0.25) is 0 Å². The third kappa shape index (κ3) is 2.95. The monoisotopic (exact) mass is 324 g/mol. The molecule has 2 aromatic rings. The van der Waals surface area contributed by atoms with Gasteiger partial charge in [0.25, 0.3) is 10.0 Å². The first kappa shape index (κ1) is 16.4. The Morgan fingerprint density at radius 1 is 1.18 bits per heavy atom. The number of nitrogens with two attached hydrogens (primary N) is 1. The van der Waals surface area contributed by atoms with Crippen LogP contribution < -0.4 is 5.73 Å². The van der Waals surface area contributed by atoms with Gasteiger partial charge in [-0.3, -0.25) is 10.0 Å². The maximum Gasteiger partial charge on any atom is 0.265 e. The fraction of sp³-hybridized carbons (Fsp3) is 0.214. The van der Waals surface area contributed by atoms with E-state index in [2.05, 4.69) is 0 Å². The molecule has 2 atom stereocenters. The number of aliphatic hydroxyl groups is 1. The zero-order chi connectivity index (χ0) is 16.5. The minimum Gasteiger partial charge on any atom is -0.391 e. The van der Waals surface area contributed by atoms with Gasteiger partial charge in [-0.2, -0.15) is 0 Å². The zero-order valence-corrected chi connectivity index (χ0v) is 12.6. The van der Waals surface area contributed by atoms with E-state index in [1.165, 1.54) is 12.1 Å². The number of sulfonamides is 1. The van der Waals surface area contributed by atoms with Crippen molar-refractivity contribution in [2.75, 3.05) is 0 Å². The Hall–Kier alpha value is -2.00. The van der Waals surface area contributed by atoms with E-state index in [1.54, 1.807) is 18.2 Å². The molecule has 0 spiro atoms. The van der Waals surface area contributed by atoms with Crippen molar-refractivity contribution in [3.63, 3.8) is 0 Å². The van der Waals surface area contributed by atoms with Crippen LogP contribution >= 0.6 is 0 Å². The Balaban J connectivity index is 2.49. The van der Waals surface area contributed by atoms with Gasteiger partial charge in [0, 0.05) is 0 Å². The molecule has 2 aromatic carbocycles. The molecule has 0 saturated carbocycles. The van der Waals surface area contributed by atoms with Crippen LogP contribution in [0.15, 0.2) is 47.4 Å². The summed E-state index contributed by atoms with van der Waals surface area (Å²) < 4.78 is 24.6. The van der Waals surface area contributed by atoms with E-state index in [1.807, 2.05) is 12.1 Å². The molecule has 0 aliphatic heterocycles. The molecule has 0 aromatic heterocycles. The van der Waals surface area contributed by atoms with E-state index in [-0.39, 0.29) is 9.36 Å². The van der Waals surface area contributed by atoms with E-state index in [0.29, 0.717) is 5.39 Å². The molecule has 2 rings (SSSR count). The van der Waals surface area contributed by atoms with Crippen LogP contribution in [0.3, 0.4) is 0 Å². The van der Waals surface area contributed by atoms with Crippen LogP contribution in [0.25, 0.3) is 10.8 Å². The summed E-state index contributed by atoms with van der Waals surface area (Å²) in [5.74, 6) is -1.15. The number of carbonyl (C=O) groups is 1. The second kappa shape index (κ2) is 6.01. The first-order valence-electron chi connectivity index (χ1n) is 6.44. The lowest BCUT2D eigenvalue weighted by Crippen LogP contribution is -2.51. The Labute approximate surface area is 127 Å². The molecule has 0 aliphatic carbocycles. The van der Waals surface area contributed by atoms with Gasteiger partial charge in [0.2, 0.25) is 5.91 Å². The highest BCUT2D eigenvalue weighted by Crippen LogP contribution is 2.22. The maximum atomic E-state index is 12.4. The van der Waals surface area contributed by atoms with Gasteiger partial charge >= 0.3 is 0 Å². The van der Waals surface area contributed by atoms with Crippen molar-refractivity contribution in [1.29, 1.82) is 0 Å².